The van der Waals surface area contributed by atoms with Gasteiger partial charge in [-0.15, -0.1) is 10.8 Å². The maximum atomic E-state index is 12.0. The Labute approximate surface area is 224 Å². The fourth-order valence-electron chi connectivity index (χ4n) is 3.86. The van der Waals surface area contributed by atoms with Gasteiger partial charge in [0.25, 0.3) is 0 Å². The minimum Gasteiger partial charge on any atom is -0.450 e. The molecular formula is C24H37ClN4O5S2. The van der Waals surface area contributed by atoms with Gasteiger partial charge in [0.2, 0.25) is 5.06 Å². The minimum absolute atomic E-state index is 0.223. The molecule has 2 aromatic rings. The Bertz CT molecular complexity index is 987. The third-order valence-corrected chi connectivity index (χ3v) is 9.39. The molecule has 0 radical (unpaired) electrons. The number of piperazine rings is 1. The Morgan fingerprint density at radius 2 is 2.03 bits per heavy atom. The molecule has 1 aliphatic heterocycles. The Kier molecular flexibility index (Phi) is 11.0. The standard InChI is InChI=1S/C24H37ClN4O5S2/c1-4-18(10-13-28(5-2)24(30)33-6-3)27-36(31,32)22-17-21(25)23(35-22)34-20-9-7-8-19(16-20)29-14-11-26-12-15-29/h7-9,16-18,26-27,31-32H,4-6,10-15H2,1-3H3. The molecule has 1 fully saturated rings. The lowest BCUT2D eigenvalue weighted by Crippen LogP contribution is -2.43. The van der Waals surface area contributed by atoms with Gasteiger partial charge in [-0.2, -0.15) is 0 Å². The normalized spacial score (nSPS) is 15.4. The van der Waals surface area contributed by atoms with Gasteiger partial charge in [0.1, 0.15) is 9.96 Å². The molecule has 1 amide bonds. The molecule has 1 unspecified atom stereocenters. The van der Waals surface area contributed by atoms with E-state index in [0.29, 0.717) is 52.6 Å². The van der Waals surface area contributed by atoms with E-state index in [1.807, 2.05) is 38.1 Å². The predicted molar refractivity (Wildman–Crippen MR) is 148 cm³/mol. The fourth-order valence-corrected chi connectivity index (χ4v) is 6.89. The van der Waals surface area contributed by atoms with E-state index in [2.05, 4.69) is 14.9 Å². The first-order chi connectivity index (χ1) is 17.3. The highest BCUT2D eigenvalue weighted by atomic mass is 35.5. The van der Waals surface area contributed by atoms with E-state index < -0.39 is 10.8 Å². The molecule has 9 nitrogen and oxygen atoms in total. The van der Waals surface area contributed by atoms with E-state index in [9.17, 15) is 13.9 Å². The van der Waals surface area contributed by atoms with Crippen molar-refractivity contribution >= 4 is 45.5 Å². The summed E-state index contributed by atoms with van der Waals surface area (Å²) in [5.41, 5.74) is 1.07. The van der Waals surface area contributed by atoms with E-state index in [1.54, 1.807) is 11.8 Å². The van der Waals surface area contributed by atoms with E-state index in [4.69, 9.17) is 21.1 Å². The molecule has 0 spiro atoms. The molecule has 1 atom stereocenters. The lowest BCUT2D eigenvalue weighted by molar-refractivity contribution is 0.108. The van der Waals surface area contributed by atoms with Gasteiger partial charge in [0.15, 0.2) is 0 Å². The molecule has 1 saturated heterocycles. The molecule has 0 aliphatic carbocycles. The number of carbonyl (C=O) groups excluding carboxylic acids is 1. The maximum absolute atomic E-state index is 12.0. The summed E-state index contributed by atoms with van der Waals surface area (Å²) in [4.78, 5) is 15.9. The summed E-state index contributed by atoms with van der Waals surface area (Å²) in [5, 5.41) is 4.06. The van der Waals surface area contributed by atoms with Gasteiger partial charge in [-0.1, -0.05) is 35.9 Å². The summed E-state index contributed by atoms with van der Waals surface area (Å²) < 4.78 is 36.2. The number of ether oxygens (including phenoxy) is 2. The predicted octanol–water partition coefficient (Wildman–Crippen LogP) is 5.86. The molecule has 36 heavy (non-hydrogen) atoms. The van der Waals surface area contributed by atoms with Crippen LogP contribution in [0.25, 0.3) is 0 Å². The highest BCUT2D eigenvalue weighted by Gasteiger charge is 2.25. The summed E-state index contributed by atoms with van der Waals surface area (Å²) in [5.74, 6) is 0.635. The number of nitrogens with one attached hydrogen (secondary N) is 2. The van der Waals surface area contributed by atoms with Crippen LogP contribution in [0, 0.1) is 0 Å². The molecule has 202 valence electrons. The highest BCUT2D eigenvalue weighted by Crippen LogP contribution is 2.53. The molecule has 4 N–H and O–H groups in total. The number of rotatable bonds is 12. The van der Waals surface area contributed by atoms with E-state index in [-0.39, 0.29) is 12.1 Å². The number of amides is 1. The maximum Gasteiger partial charge on any atom is 0.409 e. The number of hydrogen-bond donors (Lipinski definition) is 4. The zero-order valence-electron chi connectivity index (χ0n) is 21.0. The summed E-state index contributed by atoms with van der Waals surface area (Å²) in [6, 6.07) is 9.12. The number of halogens is 1. The van der Waals surface area contributed by atoms with Gasteiger partial charge in [0.05, 0.1) is 11.6 Å². The average molecular weight is 561 g/mol. The van der Waals surface area contributed by atoms with Gasteiger partial charge in [-0.05, 0) is 44.9 Å². The number of thiophene rings is 1. The molecular weight excluding hydrogens is 524 g/mol. The third kappa shape index (κ3) is 7.88. The van der Waals surface area contributed by atoms with Crippen LogP contribution in [0.2, 0.25) is 5.02 Å². The van der Waals surface area contributed by atoms with E-state index in [1.165, 1.54) is 6.07 Å². The summed E-state index contributed by atoms with van der Waals surface area (Å²) >= 11 is 7.53. The minimum atomic E-state index is -3.32. The van der Waals surface area contributed by atoms with Crippen LogP contribution >= 0.6 is 33.7 Å². The highest BCUT2D eigenvalue weighted by molar-refractivity contribution is 8.24. The third-order valence-electron chi connectivity index (χ3n) is 5.90. The first kappa shape index (κ1) is 28.8. The molecule has 0 saturated carbocycles. The lowest BCUT2D eigenvalue weighted by Gasteiger charge is -2.36. The number of benzene rings is 1. The zero-order valence-corrected chi connectivity index (χ0v) is 23.4. The van der Waals surface area contributed by atoms with Gasteiger partial charge in [-0.25, -0.2) is 9.52 Å². The van der Waals surface area contributed by atoms with Crippen molar-refractivity contribution in [2.24, 2.45) is 0 Å². The van der Waals surface area contributed by atoms with Crippen LogP contribution in [-0.2, 0) is 4.74 Å². The summed E-state index contributed by atoms with van der Waals surface area (Å²) in [6.45, 7) is 10.6. The van der Waals surface area contributed by atoms with E-state index >= 15 is 0 Å². The smallest absolute Gasteiger partial charge is 0.409 e. The topological polar surface area (TPSA) is 107 Å². The van der Waals surface area contributed by atoms with Gasteiger partial charge in [-0.3, -0.25) is 9.11 Å². The molecule has 3 rings (SSSR count). The second-order valence-corrected chi connectivity index (χ2v) is 11.8. The monoisotopic (exact) mass is 560 g/mol. The van der Waals surface area contributed by atoms with Crippen LogP contribution in [0.15, 0.2) is 34.5 Å². The van der Waals surface area contributed by atoms with Crippen molar-refractivity contribution in [3.63, 3.8) is 0 Å². The zero-order chi connectivity index (χ0) is 26.1. The molecule has 1 aliphatic rings. The molecule has 1 aromatic heterocycles. The largest absolute Gasteiger partial charge is 0.450 e. The number of carbonyl (C=O) groups is 1. The van der Waals surface area contributed by atoms with Gasteiger partial charge >= 0.3 is 6.09 Å². The Balaban J connectivity index is 1.65. The van der Waals surface area contributed by atoms with Crippen LogP contribution in [0.1, 0.15) is 33.6 Å². The summed E-state index contributed by atoms with van der Waals surface area (Å²) in [6.07, 6.45) is 0.826. The van der Waals surface area contributed by atoms with Crippen molar-refractivity contribution in [3.05, 3.63) is 35.4 Å². The molecule has 12 heteroatoms. The Morgan fingerprint density at radius 3 is 2.69 bits per heavy atom. The van der Waals surface area contributed by atoms with Crippen LogP contribution in [0.5, 0.6) is 10.8 Å². The van der Waals surface area contributed by atoms with Gasteiger partial charge in [0, 0.05) is 57.1 Å². The lowest BCUT2D eigenvalue weighted by atomic mass is 10.1. The summed E-state index contributed by atoms with van der Waals surface area (Å²) in [7, 11) is -3.32. The van der Waals surface area contributed by atoms with Crippen molar-refractivity contribution < 1.29 is 23.4 Å². The first-order valence-corrected chi connectivity index (χ1v) is 15.0. The molecule has 1 aromatic carbocycles. The number of nitrogens with zero attached hydrogens (tertiary/aromatic N) is 2. The number of anilines is 1. The van der Waals surface area contributed by atoms with Gasteiger partial charge < -0.3 is 24.6 Å². The number of hydrogen-bond acceptors (Lipinski definition) is 9. The molecule has 2 heterocycles. The Hall–Kier alpha value is -1.73. The Morgan fingerprint density at radius 1 is 1.28 bits per heavy atom. The van der Waals surface area contributed by atoms with Crippen molar-refractivity contribution in [1.82, 2.24) is 14.9 Å². The van der Waals surface area contributed by atoms with Crippen molar-refractivity contribution in [2.75, 3.05) is 50.8 Å². The average Bonchev–Trinajstić information content (AvgIpc) is 3.25. The SMILES string of the molecule is CCOC(=O)N(CC)CCC(CC)NS(O)(O)c1cc(Cl)c(Oc2cccc(N3CCNCC3)c2)s1. The molecule has 0 bridgehead atoms. The van der Waals surface area contributed by atoms with Crippen molar-refractivity contribution in [3.8, 4) is 10.8 Å². The van der Waals surface area contributed by atoms with Crippen LogP contribution in [0.4, 0.5) is 10.5 Å². The second kappa shape index (κ2) is 13.7. The van der Waals surface area contributed by atoms with Crippen LogP contribution in [-0.4, -0.2) is 72.0 Å². The van der Waals surface area contributed by atoms with Crippen LogP contribution < -0.4 is 19.7 Å². The van der Waals surface area contributed by atoms with Crippen molar-refractivity contribution in [2.45, 2.75) is 43.9 Å². The van der Waals surface area contributed by atoms with Crippen molar-refractivity contribution in [1.29, 1.82) is 0 Å². The van der Waals surface area contributed by atoms with E-state index in [0.717, 1.165) is 43.2 Å². The fraction of sp³-hybridized carbons (Fsp3) is 0.542. The quantitative estimate of drug-likeness (QED) is 0.255. The van der Waals surface area contributed by atoms with Crippen LogP contribution in [0.3, 0.4) is 0 Å². The second-order valence-electron chi connectivity index (χ2n) is 8.38. The first-order valence-electron chi connectivity index (χ1n) is 12.3.